The van der Waals surface area contributed by atoms with Crippen LogP contribution < -0.4 is 19.8 Å². The fourth-order valence-electron chi connectivity index (χ4n) is 9.23. The van der Waals surface area contributed by atoms with Crippen LogP contribution in [0.4, 0.5) is 11.4 Å². The molecular weight excluding hydrogens is 825 g/mol. The number of nitrogens with one attached hydrogen (secondary N) is 1. The third-order valence-electron chi connectivity index (χ3n) is 11.7. The number of fused-ring (bicyclic) bond motifs is 4. The van der Waals surface area contributed by atoms with Crippen molar-refractivity contribution in [1.82, 2.24) is 5.01 Å². The number of hydrogen-bond acceptors (Lipinski definition) is 9. The van der Waals surface area contributed by atoms with Crippen LogP contribution in [-0.2, 0) is 24.6 Å². The van der Waals surface area contributed by atoms with Gasteiger partial charge >= 0.3 is 0 Å². The molecule has 3 fully saturated rings. The molecule has 2 N–H and O–H groups in total. The van der Waals surface area contributed by atoms with Crippen LogP contribution in [-0.4, -0.2) is 53.7 Å². The lowest BCUT2D eigenvalue weighted by Crippen LogP contribution is -2.53. The van der Waals surface area contributed by atoms with E-state index >= 15 is 9.59 Å². The third kappa shape index (κ3) is 5.63. The van der Waals surface area contributed by atoms with Crippen molar-refractivity contribution >= 4 is 79.9 Å². The number of carbonyl (C=O) groups excluding carboxylic acids is 5. The van der Waals surface area contributed by atoms with E-state index in [0.29, 0.717) is 38.7 Å². The van der Waals surface area contributed by atoms with Gasteiger partial charge in [0, 0.05) is 16.5 Å². The Hall–Kier alpha value is -5.17. The highest BCUT2D eigenvalue weighted by atomic mass is 79.9. The Morgan fingerprint density at radius 3 is 2.25 bits per heavy atom. The maximum absolute atomic E-state index is 15.5. The number of ketones is 1. The monoisotopic (exact) mass is 857 g/mol. The van der Waals surface area contributed by atoms with Crippen molar-refractivity contribution < 1.29 is 38.6 Å². The highest BCUT2D eigenvalue weighted by Gasteiger charge is 2.70. The molecule has 2 saturated heterocycles. The zero-order valence-corrected chi connectivity index (χ0v) is 33.3. The van der Waals surface area contributed by atoms with Crippen LogP contribution in [0.15, 0.2) is 95.0 Å². The lowest BCUT2D eigenvalue weighted by Gasteiger charge is -2.50. The van der Waals surface area contributed by atoms with Crippen LogP contribution >= 0.6 is 39.1 Å². The molecule has 0 aromatic heterocycles. The summed E-state index contributed by atoms with van der Waals surface area (Å²) in [7, 11) is 2.94. The number of hydrazine groups is 1. The second-order valence-electron chi connectivity index (χ2n) is 14.4. The molecule has 4 aromatic rings. The number of benzene rings is 4. The molecule has 8 rings (SSSR count). The first kappa shape index (κ1) is 37.7. The van der Waals surface area contributed by atoms with Gasteiger partial charge in [0.15, 0.2) is 17.3 Å². The van der Waals surface area contributed by atoms with Crippen molar-refractivity contribution in [2.75, 3.05) is 24.5 Å². The predicted molar refractivity (Wildman–Crippen MR) is 212 cm³/mol. The lowest BCUT2D eigenvalue weighted by atomic mass is 9.49. The SMILES string of the molecule is COc1ccc([C@@]23C(=O)N(Nc4ccc(Cl)cc4Cl)C(=O)[C@@H]2C[C@@H]2C(=CC[C@@H]4C(=O)N(c5ccc(C(C)=O)cc5)C(=O)[C@@H]42)[C@@H]3c2cc(Br)c(O)c(OC)c2)cc1. The number of halogens is 3. The number of aromatic hydroxyl groups is 1. The first-order valence-electron chi connectivity index (χ1n) is 17.8. The topological polar surface area (TPSA) is 143 Å². The van der Waals surface area contributed by atoms with Crippen molar-refractivity contribution in [2.24, 2.45) is 23.7 Å². The van der Waals surface area contributed by atoms with E-state index in [-0.39, 0.29) is 51.2 Å². The van der Waals surface area contributed by atoms with E-state index in [2.05, 4.69) is 21.4 Å². The Labute approximate surface area is 340 Å². The molecule has 0 bridgehead atoms. The number of phenolic OH excluding ortho intramolecular Hbond substituents is 1. The minimum Gasteiger partial charge on any atom is -0.503 e. The van der Waals surface area contributed by atoms with E-state index in [1.165, 1.54) is 32.1 Å². The van der Waals surface area contributed by atoms with Gasteiger partial charge in [-0.1, -0.05) is 47.0 Å². The molecule has 2 heterocycles. The summed E-state index contributed by atoms with van der Waals surface area (Å²) in [6.45, 7) is 1.44. The van der Waals surface area contributed by atoms with Gasteiger partial charge in [0.1, 0.15) is 5.75 Å². The van der Waals surface area contributed by atoms with Crippen LogP contribution in [0.2, 0.25) is 10.0 Å². The van der Waals surface area contributed by atoms with Crippen LogP contribution in [0.25, 0.3) is 0 Å². The highest BCUT2D eigenvalue weighted by molar-refractivity contribution is 9.10. The molecule has 286 valence electrons. The predicted octanol–water partition coefficient (Wildman–Crippen LogP) is 7.87. The van der Waals surface area contributed by atoms with Gasteiger partial charge in [-0.25, -0.2) is 0 Å². The number of anilines is 2. The van der Waals surface area contributed by atoms with Crippen molar-refractivity contribution in [2.45, 2.75) is 31.1 Å². The van der Waals surface area contributed by atoms with Crippen LogP contribution in [0, 0.1) is 23.7 Å². The Morgan fingerprint density at radius 1 is 0.893 bits per heavy atom. The molecule has 14 heteroatoms. The Balaban J connectivity index is 1.33. The van der Waals surface area contributed by atoms with Crippen LogP contribution in [0.5, 0.6) is 17.2 Å². The average Bonchev–Trinajstić information content (AvgIpc) is 3.57. The third-order valence-corrected chi connectivity index (χ3v) is 12.9. The fraction of sp³-hybridized carbons (Fsp3) is 0.262. The van der Waals surface area contributed by atoms with Crippen LogP contribution in [0.1, 0.15) is 47.2 Å². The Bertz CT molecular complexity index is 2390. The second-order valence-corrected chi connectivity index (χ2v) is 16.1. The summed E-state index contributed by atoms with van der Waals surface area (Å²) >= 11 is 16.2. The van der Waals surface area contributed by atoms with Crippen molar-refractivity contribution in [3.63, 3.8) is 0 Å². The number of hydrogen-bond donors (Lipinski definition) is 2. The van der Waals surface area contributed by atoms with Gasteiger partial charge in [-0.15, -0.1) is 0 Å². The minimum atomic E-state index is -1.61. The number of phenols is 1. The lowest BCUT2D eigenvalue weighted by molar-refractivity contribution is -0.138. The molecule has 1 saturated carbocycles. The van der Waals surface area contributed by atoms with E-state index in [0.717, 1.165) is 5.01 Å². The molecule has 11 nitrogen and oxygen atoms in total. The first-order valence-corrected chi connectivity index (χ1v) is 19.4. The molecular formula is C42H34BrCl2N3O8. The van der Waals surface area contributed by atoms with E-state index in [9.17, 15) is 19.5 Å². The van der Waals surface area contributed by atoms with E-state index in [1.54, 1.807) is 72.8 Å². The van der Waals surface area contributed by atoms with Crippen molar-refractivity contribution in [3.8, 4) is 17.2 Å². The van der Waals surface area contributed by atoms with Gasteiger partial charge in [-0.3, -0.25) is 34.3 Å². The van der Waals surface area contributed by atoms with Gasteiger partial charge in [0.2, 0.25) is 11.8 Å². The molecule has 4 aromatic carbocycles. The second kappa shape index (κ2) is 14.1. The number of allylic oxidation sites excluding steroid dienone is 2. The number of methoxy groups -OCH3 is 2. The van der Waals surface area contributed by atoms with E-state index in [1.807, 2.05) is 6.08 Å². The molecule has 0 spiro atoms. The summed E-state index contributed by atoms with van der Waals surface area (Å²) in [5.74, 6) is -5.77. The fourth-order valence-corrected chi connectivity index (χ4v) is 10.1. The Kier molecular flexibility index (Phi) is 9.50. The van der Waals surface area contributed by atoms with Gasteiger partial charge in [-0.2, -0.15) is 5.01 Å². The summed E-state index contributed by atoms with van der Waals surface area (Å²) in [5, 5.41) is 12.5. The minimum absolute atomic E-state index is 0.0547. The van der Waals surface area contributed by atoms with Crippen LogP contribution in [0.3, 0.4) is 0 Å². The number of amides is 4. The van der Waals surface area contributed by atoms with Gasteiger partial charge in [-0.05, 0) is 119 Å². The zero-order valence-electron chi connectivity index (χ0n) is 30.2. The summed E-state index contributed by atoms with van der Waals surface area (Å²) in [5.41, 5.74) is 4.18. The maximum Gasteiger partial charge on any atom is 0.260 e. The molecule has 2 aliphatic carbocycles. The number of ether oxygens (including phenoxy) is 2. The number of Topliss-reactive ketones (excluding diaryl/α,β-unsaturated/α-hetero) is 1. The van der Waals surface area contributed by atoms with Crippen molar-refractivity contribution in [3.05, 3.63) is 122 Å². The molecule has 0 radical (unpaired) electrons. The molecule has 56 heavy (non-hydrogen) atoms. The quantitative estimate of drug-likeness (QED) is 0.103. The maximum atomic E-state index is 15.5. The number of imide groups is 2. The molecule has 2 aliphatic heterocycles. The van der Waals surface area contributed by atoms with E-state index < -0.39 is 52.7 Å². The van der Waals surface area contributed by atoms with E-state index in [4.69, 9.17) is 32.7 Å². The van der Waals surface area contributed by atoms with Gasteiger partial charge < -0.3 is 14.6 Å². The standard InChI is InChI=1S/C42H34BrCl2N3O8/c1-20(49)21-4-9-25(10-5-21)47-38(51)28-14-13-27-29(35(28)40(47)53)19-30-39(52)48(46-33-15-8-24(44)18-32(33)45)41(54)42(30,23-6-11-26(55-2)12-7-23)36(27)22-16-31(43)37(50)34(17-22)56-3/h4-13,15-18,28-30,35-36,46,50H,14,19H2,1-3H3/t28-,29+,30-,35-,36-,42+/m0/s1. The highest BCUT2D eigenvalue weighted by Crippen LogP contribution is 2.65. The summed E-state index contributed by atoms with van der Waals surface area (Å²) in [6, 6.07) is 21.3. The smallest absolute Gasteiger partial charge is 0.260 e. The molecule has 4 aliphatic rings. The number of nitrogens with zero attached hydrogens (tertiary/aromatic N) is 2. The Morgan fingerprint density at radius 2 is 1.61 bits per heavy atom. The first-order chi connectivity index (χ1) is 26.8. The average molecular weight is 860 g/mol. The summed E-state index contributed by atoms with van der Waals surface area (Å²) in [4.78, 5) is 72.5. The summed E-state index contributed by atoms with van der Waals surface area (Å²) < 4.78 is 11.4. The molecule has 4 amide bonds. The van der Waals surface area contributed by atoms with Gasteiger partial charge in [0.05, 0.1) is 58.3 Å². The largest absolute Gasteiger partial charge is 0.503 e. The normalized spacial score (nSPS) is 25.4. The summed E-state index contributed by atoms with van der Waals surface area (Å²) in [6.07, 6.45) is 2.19. The molecule has 6 atom stereocenters. The van der Waals surface area contributed by atoms with Gasteiger partial charge in [0.25, 0.3) is 11.8 Å². The number of carbonyl (C=O) groups is 5. The molecule has 0 unspecified atom stereocenters. The zero-order chi connectivity index (χ0) is 39.8. The number of rotatable bonds is 8. The van der Waals surface area contributed by atoms with Crippen molar-refractivity contribution in [1.29, 1.82) is 0 Å².